The van der Waals surface area contributed by atoms with Crippen LogP contribution in [-0.2, 0) is 0 Å². The van der Waals surface area contributed by atoms with Crippen molar-refractivity contribution in [1.82, 2.24) is 4.98 Å². The summed E-state index contributed by atoms with van der Waals surface area (Å²) in [5.41, 5.74) is 5.97. The Hall–Kier alpha value is -1.66. The number of nitrogens with zero attached hydrogens (tertiary/aromatic N) is 1. The molecule has 4 nitrogen and oxygen atoms in total. The molecule has 2 rings (SSSR count). The number of pyridine rings is 1. The van der Waals surface area contributed by atoms with Crippen LogP contribution in [0.25, 0.3) is 0 Å². The van der Waals surface area contributed by atoms with E-state index in [1.54, 1.807) is 0 Å². The summed E-state index contributed by atoms with van der Waals surface area (Å²) < 4.78 is 13.7. The molecular weight excluding hydrogens is 337 g/mol. The lowest BCUT2D eigenvalue weighted by Crippen LogP contribution is -2.13. The van der Waals surface area contributed by atoms with Gasteiger partial charge >= 0.3 is 0 Å². The first kappa shape index (κ1) is 13.8. The SMILES string of the molecule is Nc1cc(C(=O)Nc2cc(F)ccc2Br)c(Cl)cn1. The molecule has 1 heterocycles. The molecule has 0 atom stereocenters. The zero-order valence-electron chi connectivity index (χ0n) is 9.45. The Morgan fingerprint density at radius 3 is 2.89 bits per heavy atom. The number of amides is 1. The van der Waals surface area contributed by atoms with E-state index in [2.05, 4.69) is 26.2 Å². The second-order valence-electron chi connectivity index (χ2n) is 3.67. The molecule has 2 aromatic rings. The van der Waals surface area contributed by atoms with E-state index in [4.69, 9.17) is 17.3 Å². The molecule has 0 saturated heterocycles. The van der Waals surface area contributed by atoms with Gasteiger partial charge in [0.2, 0.25) is 0 Å². The number of carbonyl (C=O) groups is 1. The highest BCUT2D eigenvalue weighted by Gasteiger charge is 2.13. The van der Waals surface area contributed by atoms with Gasteiger partial charge in [-0.2, -0.15) is 0 Å². The van der Waals surface area contributed by atoms with Gasteiger partial charge in [-0.1, -0.05) is 11.6 Å². The molecule has 7 heteroatoms. The van der Waals surface area contributed by atoms with Crippen LogP contribution >= 0.6 is 27.5 Å². The number of nitrogens with two attached hydrogens (primary N) is 1. The van der Waals surface area contributed by atoms with Crippen molar-refractivity contribution in [3.05, 3.63) is 51.3 Å². The zero-order valence-corrected chi connectivity index (χ0v) is 11.8. The van der Waals surface area contributed by atoms with Gasteiger partial charge in [-0.3, -0.25) is 4.79 Å². The highest BCUT2D eigenvalue weighted by molar-refractivity contribution is 9.10. The van der Waals surface area contributed by atoms with Crippen molar-refractivity contribution in [2.75, 3.05) is 11.1 Å². The molecule has 0 radical (unpaired) electrons. The fourth-order valence-corrected chi connectivity index (χ4v) is 1.95. The van der Waals surface area contributed by atoms with Gasteiger partial charge in [0.1, 0.15) is 11.6 Å². The molecule has 1 aromatic carbocycles. The van der Waals surface area contributed by atoms with Gasteiger partial charge in [0.05, 0.1) is 16.3 Å². The average Bonchev–Trinajstić information content (AvgIpc) is 2.36. The smallest absolute Gasteiger partial charge is 0.257 e. The monoisotopic (exact) mass is 343 g/mol. The Morgan fingerprint density at radius 1 is 1.42 bits per heavy atom. The van der Waals surface area contributed by atoms with E-state index in [-0.39, 0.29) is 16.4 Å². The highest BCUT2D eigenvalue weighted by Crippen LogP contribution is 2.25. The summed E-state index contributed by atoms with van der Waals surface area (Å²) in [6.07, 6.45) is 1.28. The van der Waals surface area contributed by atoms with Crippen LogP contribution in [0, 0.1) is 5.82 Å². The molecule has 0 unspecified atom stereocenters. The third-order valence-corrected chi connectivity index (χ3v) is 3.29. The van der Waals surface area contributed by atoms with E-state index in [1.165, 1.54) is 30.5 Å². The van der Waals surface area contributed by atoms with Gasteiger partial charge in [0.25, 0.3) is 5.91 Å². The van der Waals surface area contributed by atoms with Crippen molar-refractivity contribution in [3.63, 3.8) is 0 Å². The molecule has 0 aliphatic carbocycles. The molecule has 0 bridgehead atoms. The number of carbonyl (C=O) groups excluding carboxylic acids is 1. The fraction of sp³-hybridized carbons (Fsp3) is 0. The number of hydrogen-bond acceptors (Lipinski definition) is 3. The molecule has 0 aliphatic rings. The van der Waals surface area contributed by atoms with Crippen molar-refractivity contribution in [1.29, 1.82) is 0 Å². The van der Waals surface area contributed by atoms with E-state index < -0.39 is 11.7 Å². The number of rotatable bonds is 2. The first-order chi connectivity index (χ1) is 8.97. The van der Waals surface area contributed by atoms with Crippen molar-refractivity contribution in [2.45, 2.75) is 0 Å². The molecule has 3 N–H and O–H groups in total. The summed E-state index contributed by atoms with van der Waals surface area (Å²) in [6.45, 7) is 0. The van der Waals surface area contributed by atoms with E-state index in [1.807, 2.05) is 0 Å². The number of benzene rings is 1. The van der Waals surface area contributed by atoms with Crippen LogP contribution in [0.4, 0.5) is 15.9 Å². The maximum atomic E-state index is 13.1. The predicted octanol–water partition coefficient (Wildman–Crippen LogP) is 3.47. The summed E-state index contributed by atoms with van der Waals surface area (Å²) >= 11 is 9.08. The van der Waals surface area contributed by atoms with Crippen molar-refractivity contribution >= 4 is 44.9 Å². The number of halogens is 3. The molecule has 0 spiro atoms. The number of nitrogens with one attached hydrogen (secondary N) is 1. The number of hydrogen-bond donors (Lipinski definition) is 2. The Bertz CT molecular complexity index is 651. The van der Waals surface area contributed by atoms with Gasteiger partial charge < -0.3 is 11.1 Å². The van der Waals surface area contributed by atoms with Crippen LogP contribution in [-0.4, -0.2) is 10.9 Å². The maximum Gasteiger partial charge on any atom is 0.257 e. The van der Waals surface area contributed by atoms with Gasteiger partial charge in [0.15, 0.2) is 0 Å². The minimum Gasteiger partial charge on any atom is -0.384 e. The number of nitrogen functional groups attached to an aromatic ring is 1. The Morgan fingerprint density at radius 2 is 2.16 bits per heavy atom. The van der Waals surface area contributed by atoms with Gasteiger partial charge in [0, 0.05) is 10.7 Å². The van der Waals surface area contributed by atoms with Crippen LogP contribution in [0.5, 0.6) is 0 Å². The fourth-order valence-electron chi connectivity index (χ4n) is 1.41. The molecule has 0 fully saturated rings. The van der Waals surface area contributed by atoms with Gasteiger partial charge in [-0.05, 0) is 40.2 Å². The van der Waals surface area contributed by atoms with E-state index in [0.29, 0.717) is 10.2 Å². The van der Waals surface area contributed by atoms with Crippen LogP contribution in [0.2, 0.25) is 5.02 Å². The quantitative estimate of drug-likeness (QED) is 0.876. The molecule has 0 saturated carbocycles. The average molecular weight is 345 g/mol. The lowest BCUT2D eigenvalue weighted by molar-refractivity contribution is 0.102. The molecule has 1 amide bonds. The first-order valence-corrected chi connectivity index (χ1v) is 6.32. The molecule has 19 heavy (non-hydrogen) atoms. The van der Waals surface area contributed by atoms with Gasteiger partial charge in [-0.25, -0.2) is 9.37 Å². The van der Waals surface area contributed by atoms with Crippen LogP contribution < -0.4 is 11.1 Å². The minimum atomic E-state index is -0.495. The Labute approximate surface area is 121 Å². The third kappa shape index (κ3) is 3.21. The van der Waals surface area contributed by atoms with Crippen molar-refractivity contribution in [3.8, 4) is 0 Å². The maximum absolute atomic E-state index is 13.1. The van der Waals surface area contributed by atoms with E-state index in [0.717, 1.165) is 0 Å². The summed E-state index contributed by atoms with van der Waals surface area (Å²) in [6, 6.07) is 5.32. The normalized spacial score (nSPS) is 10.3. The summed E-state index contributed by atoms with van der Waals surface area (Å²) in [4.78, 5) is 15.8. The first-order valence-electron chi connectivity index (χ1n) is 5.15. The summed E-state index contributed by atoms with van der Waals surface area (Å²) in [5.74, 6) is -0.780. The van der Waals surface area contributed by atoms with Crippen LogP contribution in [0.15, 0.2) is 34.9 Å². The largest absolute Gasteiger partial charge is 0.384 e. The van der Waals surface area contributed by atoms with Crippen LogP contribution in [0.3, 0.4) is 0 Å². The zero-order chi connectivity index (χ0) is 14.0. The topological polar surface area (TPSA) is 68.0 Å². The molecular formula is C12H8BrClFN3O. The van der Waals surface area contributed by atoms with Crippen molar-refractivity contribution < 1.29 is 9.18 Å². The third-order valence-electron chi connectivity index (χ3n) is 2.30. The standard InChI is InChI=1S/C12H8BrClFN3O/c13-8-2-1-6(15)3-10(8)18-12(19)7-4-11(16)17-5-9(7)14/h1-5H,(H2,16,17)(H,18,19). The lowest BCUT2D eigenvalue weighted by atomic mass is 10.2. The second-order valence-corrected chi connectivity index (χ2v) is 4.93. The van der Waals surface area contributed by atoms with E-state index >= 15 is 0 Å². The lowest BCUT2D eigenvalue weighted by Gasteiger charge is -2.09. The molecule has 0 aliphatic heterocycles. The second kappa shape index (κ2) is 5.54. The van der Waals surface area contributed by atoms with E-state index in [9.17, 15) is 9.18 Å². The predicted molar refractivity (Wildman–Crippen MR) is 75.7 cm³/mol. The Kier molecular flexibility index (Phi) is 4.01. The highest BCUT2D eigenvalue weighted by atomic mass is 79.9. The van der Waals surface area contributed by atoms with Gasteiger partial charge in [-0.15, -0.1) is 0 Å². The minimum absolute atomic E-state index is 0.166. The Balaban J connectivity index is 2.30. The van der Waals surface area contributed by atoms with Crippen LogP contribution in [0.1, 0.15) is 10.4 Å². The number of anilines is 2. The summed E-state index contributed by atoms with van der Waals surface area (Å²) in [5, 5.41) is 2.71. The molecule has 98 valence electrons. The molecule has 1 aromatic heterocycles. The number of aromatic nitrogens is 1. The summed E-state index contributed by atoms with van der Waals surface area (Å²) in [7, 11) is 0. The van der Waals surface area contributed by atoms with Crippen molar-refractivity contribution in [2.24, 2.45) is 0 Å².